The van der Waals surface area contributed by atoms with Crippen molar-refractivity contribution in [3.63, 3.8) is 0 Å². The Morgan fingerprint density at radius 2 is 2.00 bits per heavy atom. The smallest absolute Gasteiger partial charge is 0.223 e. The maximum Gasteiger partial charge on any atom is 0.223 e. The summed E-state index contributed by atoms with van der Waals surface area (Å²) in [7, 11) is 3.08. The van der Waals surface area contributed by atoms with E-state index in [2.05, 4.69) is 5.32 Å². The number of amides is 2. The monoisotopic (exact) mass is 346 g/mol. The molecule has 2 rings (SSSR count). The normalized spacial score (nSPS) is 10.2. The highest BCUT2D eigenvalue weighted by molar-refractivity contribution is 5.94. The molecule has 1 aromatic carbocycles. The van der Waals surface area contributed by atoms with E-state index in [0.717, 1.165) is 0 Å². The average molecular weight is 346 g/mol. The van der Waals surface area contributed by atoms with Gasteiger partial charge in [-0.05, 0) is 24.3 Å². The first-order valence-electron chi connectivity index (χ1n) is 7.84. The minimum Gasteiger partial charge on any atom is -0.497 e. The average Bonchev–Trinajstić information content (AvgIpc) is 3.13. The summed E-state index contributed by atoms with van der Waals surface area (Å²) in [5, 5.41) is 2.76. The largest absolute Gasteiger partial charge is 0.497 e. The standard InChI is InChI=1S/C18H22N2O5/c1-13(21)20(16-7-6-14(23-2)11-17(16)24-3)9-8-18(22)19-12-15-5-4-10-25-15/h4-7,10-11H,8-9,12H2,1-3H3,(H,19,22). The van der Waals surface area contributed by atoms with Gasteiger partial charge in [0.05, 0.1) is 32.7 Å². The predicted molar refractivity (Wildman–Crippen MR) is 92.7 cm³/mol. The number of hydrogen-bond acceptors (Lipinski definition) is 5. The van der Waals surface area contributed by atoms with Crippen LogP contribution in [0.15, 0.2) is 41.0 Å². The van der Waals surface area contributed by atoms with Gasteiger partial charge in [0.2, 0.25) is 11.8 Å². The second kappa shape index (κ2) is 8.77. The molecule has 0 bridgehead atoms. The van der Waals surface area contributed by atoms with E-state index in [9.17, 15) is 9.59 Å². The number of carbonyl (C=O) groups excluding carboxylic acids is 2. The highest BCUT2D eigenvalue weighted by Gasteiger charge is 2.18. The summed E-state index contributed by atoms with van der Waals surface area (Å²) in [5.41, 5.74) is 0.592. The number of benzene rings is 1. The van der Waals surface area contributed by atoms with Crippen LogP contribution < -0.4 is 19.7 Å². The van der Waals surface area contributed by atoms with Gasteiger partial charge >= 0.3 is 0 Å². The molecule has 2 aromatic rings. The molecule has 1 heterocycles. The Morgan fingerprint density at radius 1 is 1.20 bits per heavy atom. The second-order valence-electron chi connectivity index (χ2n) is 5.31. The van der Waals surface area contributed by atoms with Gasteiger partial charge in [0.15, 0.2) is 0 Å². The van der Waals surface area contributed by atoms with E-state index >= 15 is 0 Å². The molecule has 7 nitrogen and oxygen atoms in total. The first-order chi connectivity index (χ1) is 12.0. The lowest BCUT2D eigenvalue weighted by atomic mass is 10.2. The first-order valence-corrected chi connectivity index (χ1v) is 7.84. The number of ether oxygens (including phenoxy) is 2. The van der Waals surface area contributed by atoms with Crippen LogP contribution in [0.4, 0.5) is 5.69 Å². The maximum absolute atomic E-state index is 12.0. The lowest BCUT2D eigenvalue weighted by Gasteiger charge is -2.23. The summed E-state index contributed by atoms with van der Waals surface area (Å²) in [6.07, 6.45) is 1.71. The summed E-state index contributed by atoms with van der Waals surface area (Å²) < 4.78 is 15.7. The number of hydrogen-bond donors (Lipinski definition) is 1. The first kappa shape index (κ1) is 18.4. The zero-order valence-corrected chi connectivity index (χ0v) is 14.6. The van der Waals surface area contributed by atoms with Crippen LogP contribution in [0.5, 0.6) is 11.5 Å². The summed E-state index contributed by atoms with van der Waals surface area (Å²) in [5.74, 6) is 1.46. The summed E-state index contributed by atoms with van der Waals surface area (Å²) in [6, 6.07) is 8.71. The predicted octanol–water partition coefficient (Wildman–Crippen LogP) is 2.36. The zero-order chi connectivity index (χ0) is 18.2. The molecule has 0 spiro atoms. The van der Waals surface area contributed by atoms with Crippen LogP contribution in [0.25, 0.3) is 0 Å². The van der Waals surface area contributed by atoms with E-state index in [4.69, 9.17) is 13.9 Å². The molecular weight excluding hydrogens is 324 g/mol. The molecule has 0 aliphatic heterocycles. The molecular formula is C18H22N2O5. The minimum absolute atomic E-state index is 0.162. The van der Waals surface area contributed by atoms with Gasteiger partial charge in [0, 0.05) is 26.0 Å². The number of anilines is 1. The number of furan rings is 1. The number of methoxy groups -OCH3 is 2. The molecule has 0 saturated carbocycles. The molecule has 7 heteroatoms. The molecule has 0 atom stereocenters. The van der Waals surface area contributed by atoms with Crippen molar-refractivity contribution in [1.29, 1.82) is 0 Å². The third kappa shape index (κ3) is 5.00. The Hall–Kier alpha value is -2.96. The molecule has 0 aliphatic carbocycles. The number of nitrogens with one attached hydrogen (secondary N) is 1. The van der Waals surface area contributed by atoms with Gasteiger partial charge < -0.3 is 24.1 Å². The molecule has 0 aliphatic rings. The van der Waals surface area contributed by atoms with Crippen molar-refractivity contribution in [1.82, 2.24) is 5.32 Å². The van der Waals surface area contributed by atoms with Gasteiger partial charge in [-0.2, -0.15) is 0 Å². The fraction of sp³-hybridized carbons (Fsp3) is 0.333. The Labute approximate surface area is 146 Å². The van der Waals surface area contributed by atoms with Crippen molar-refractivity contribution in [2.75, 3.05) is 25.7 Å². The van der Waals surface area contributed by atoms with E-state index in [1.54, 1.807) is 43.7 Å². The summed E-state index contributed by atoms with van der Waals surface area (Å²) in [4.78, 5) is 25.5. The van der Waals surface area contributed by atoms with E-state index in [0.29, 0.717) is 29.5 Å². The minimum atomic E-state index is -0.178. The Kier molecular flexibility index (Phi) is 6.45. The zero-order valence-electron chi connectivity index (χ0n) is 14.6. The van der Waals surface area contributed by atoms with Crippen LogP contribution in [-0.4, -0.2) is 32.6 Å². The Balaban J connectivity index is 2.01. The molecule has 1 N–H and O–H groups in total. The Bertz CT molecular complexity index is 712. The van der Waals surface area contributed by atoms with Gasteiger partial charge in [0.1, 0.15) is 17.3 Å². The molecule has 0 fully saturated rings. The van der Waals surface area contributed by atoms with Crippen LogP contribution >= 0.6 is 0 Å². The molecule has 25 heavy (non-hydrogen) atoms. The molecule has 0 saturated heterocycles. The van der Waals surface area contributed by atoms with Crippen LogP contribution in [0, 0.1) is 0 Å². The van der Waals surface area contributed by atoms with Crippen LogP contribution in [0.2, 0.25) is 0 Å². The van der Waals surface area contributed by atoms with Gasteiger partial charge in [-0.25, -0.2) is 0 Å². The van der Waals surface area contributed by atoms with E-state index in [1.165, 1.54) is 18.9 Å². The molecule has 0 radical (unpaired) electrons. The van der Waals surface area contributed by atoms with Crippen molar-refractivity contribution in [2.45, 2.75) is 19.9 Å². The van der Waals surface area contributed by atoms with Crippen molar-refractivity contribution in [3.8, 4) is 11.5 Å². The number of carbonyl (C=O) groups is 2. The molecule has 1 aromatic heterocycles. The lowest BCUT2D eigenvalue weighted by molar-refractivity contribution is -0.121. The Morgan fingerprint density at radius 3 is 2.60 bits per heavy atom. The lowest BCUT2D eigenvalue weighted by Crippen LogP contribution is -2.34. The molecule has 2 amide bonds. The van der Waals surface area contributed by atoms with Crippen LogP contribution in [0.1, 0.15) is 19.1 Å². The molecule has 134 valence electrons. The van der Waals surface area contributed by atoms with Gasteiger partial charge in [-0.1, -0.05) is 0 Å². The van der Waals surface area contributed by atoms with Crippen molar-refractivity contribution >= 4 is 17.5 Å². The third-order valence-electron chi connectivity index (χ3n) is 3.66. The fourth-order valence-corrected chi connectivity index (χ4v) is 2.36. The van der Waals surface area contributed by atoms with Gasteiger partial charge in [-0.15, -0.1) is 0 Å². The van der Waals surface area contributed by atoms with Crippen LogP contribution in [0.3, 0.4) is 0 Å². The van der Waals surface area contributed by atoms with E-state index < -0.39 is 0 Å². The quantitative estimate of drug-likeness (QED) is 0.793. The number of rotatable bonds is 8. The third-order valence-corrected chi connectivity index (χ3v) is 3.66. The van der Waals surface area contributed by atoms with E-state index in [1.807, 2.05) is 0 Å². The second-order valence-corrected chi connectivity index (χ2v) is 5.31. The SMILES string of the molecule is COc1ccc(N(CCC(=O)NCc2ccco2)C(C)=O)c(OC)c1. The topological polar surface area (TPSA) is 81.0 Å². The van der Waals surface area contributed by atoms with E-state index in [-0.39, 0.29) is 24.8 Å². The van der Waals surface area contributed by atoms with Crippen molar-refractivity contribution in [3.05, 3.63) is 42.4 Å². The van der Waals surface area contributed by atoms with Crippen molar-refractivity contribution < 1.29 is 23.5 Å². The van der Waals surface area contributed by atoms with Crippen LogP contribution in [-0.2, 0) is 16.1 Å². The summed E-state index contributed by atoms with van der Waals surface area (Å²) in [6.45, 7) is 2.00. The fourth-order valence-electron chi connectivity index (χ4n) is 2.36. The highest BCUT2D eigenvalue weighted by Crippen LogP contribution is 2.32. The highest BCUT2D eigenvalue weighted by atomic mass is 16.5. The summed E-state index contributed by atoms with van der Waals surface area (Å²) >= 11 is 0. The maximum atomic E-state index is 12.0. The van der Waals surface area contributed by atoms with Gasteiger partial charge in [-0.3, -0.25) is 9.59 Å². The molecule has 0 unspecified atom stereocenters. The van der Waals surface area contributed by atoms with Crippen molar-refractivity contribution in [2.24, 2.45) is 0 Å². The van der Waals surface area contributed by atoms with Gasteiger partial charge in [0.25, 0.3) is 0 Å². The number of nitrogens with zero attached hydrogens (tertiary/aromatic N) is 1.